The molecule has 2 unspecified atom stereocenters. The molecule has 2 fully saturated rings. The van der Waals surface area contributed by atoms with Crippen LogP contribution in [0.5, 0.6) is 0 Å². The monoisotopic (exact) mass is 297 g/mol. The summed E-state index contributed by atoms with van der Waals surface area (Å²) >= 11 is 0. The number of ether oxygens (including phenoxy) is 1. The Morgan fingerprint density at radius 1 is 1.24 bits per heavy atom. The summed E-state index contributed by atoms with van der Waals surface area (Å²) in [6.07, 6.45) is 4.15. The lowest BCUT2D eigenvalue weighted by Crippen LogP contribution is -2.31. The number of anilines is 2. The molecule has 2 heterocycles. The minimum Gasteiger partial charge on any atom is -0.376 e. The summed E-state index contributed by atoms with van der Waals surface area (Å²) in [6, 6.07) is 0.943. The van der Waals surface area contributed by atoms with Crippen LogP contribution in [0.25, 0.3) is 0 Å². The van der Waals surface area contributed by atoms with Gasteiger partial charge in [-0.2, -0.15) is 0 Å². The highest BCUT2D eigenvalue weighted by Crippen LogP contribution is 2.39. The smallest absolute Gasteiger partial charge is 0.168 e. The molecular weight excluding hydrogens is 276 g/mol. The van der Waals surface area contributed by atoms with Crippen molar-refractivity contribution in [2.45, 2.75) is 44.8 Å². The Labute approximate surface area is 123 Å². The maximum Gasteiger partial charge on any atom is 0.168 e. The molecule has 2 aliphatic rings. The van der Waals surface area contributed by atoms with Gasteiger partial charge in [-0.3, -0.25) is 0 Å². The first-order chi connectivity index (χ1) is 10.2. The summed E-state index contributed by atoms with van der Waals surface area (Å²) < 4.78 is 33.3. The number of pyridine rings is 1. The second-order valence-corrected chi connectivity index (χ2v) is 5.79. The molecule has 116 valence electrons. The Bertz CT molecular complexity index is 508. The molecule has 1 saturated heterocycles. The maximum absolute atomic E-state index is 13.9. The average Bonchev–Trinajstić information content (AvgIpc) is 3.20. The first-order valence-electron chi connectivity index (χ1n) is 7.67. The van der Waals surface area contributed by atoms with Gasteiger partial charge in [0.15, 0.2) is 23.3 Å². The van der Waals surface area contributed by atoms with Crippen molar-refractivity contribution in [3.8, 4) is 0 Å². The van der Waals surface area contributed by atoms with Gasteiger partial charge in [-0.25, -0.2) is 13.8 Å². The Morgan fingerprint density at radius 2 is 2.00 bits per heavy atom. The van der Waals surface area contributed by atoms with Crippen LogP contribution in [0.3, 0.4) is 0 Å². The zero-order valence-corrected chi connectivity index (χ0v) is 12.2. The van der Waals surface area contributed by atoms with Gasteiger partial charge in [0.2, 0.25) is 0 Å². The number of nitrogens with one attached hydrogen (secondary N) is 2. The van der Waals surface area contributed by atoms with Crippen LogP contribution in [0, 0.1) is 17.6 Å². The van der Waals surface area contributed by atoms with Gasteiger partial charge in [0.05, 0.1) is 12.1 Å². The predicted octanol–water partition coefficient (Wildman–Crippen LogP) is 3.16. The fraction of sp³-hybridized carbons (Fsp3) is 0.667. The van der Waals surface area contributed by atoms with E-state index in [1.807, 2.05) is 6.92 Å². The van der Waals surface area contributed by atoms with E-state index in [-0.39, 0.29) is 23.8 Å². The molecule has 21 heavy (non-hydrogen) atoms. The second-order valence-electron chi connectivity index (χ2n) is 5.79. The molecule has 0 radical (unpaired) electrons. The maximum atomic E-state index is 13.9. The molecule has 1 aliphatic carbocycles. The van der Waals surface area contributed by atoms with E-state index < -0.39 is 11.6 Å². The highest BCUT2D eigenvalue weighted by atomic mass is 19.1. The molecule has 2 atom stereocenters. The molecule has 0 bridgehead atoms. The van der Waals surface area contributed by atoms with Gasteiger partial charge in [0, 0.05) is 19.2 Å². The summed E-state index contributed by atoms with van der Waals surface area (Å²) in [6.45, 7) is 3.26. The standard InChI is InChI=1S/C15H21F2N3O/c1-2-6-18-14-10(16)8-11(17)15(20-14)19-12-5-7-21-13(12)9-3-4-9/h8-9,12-13H,2-7H2,1H3,(H2,18,19,20). The Kier molecular flexibility index (Phi) is 4.24. The first kappa shape index (κ1) is 14.5. The normalized spacial score (nSPS) is 25.1. The third-order valence-corrected chi connectivity index (χ3v) is 4.02. The van der Waals surface area contributed by atoms with Gasteiger partial charge >= 0.3 is 0 Å². The fourth-order valence-corrected chi connectivity index (χ4v) is 2.77. The molecule has 1 aromatic rings. The largest absolute Gasteiger partial charge is 0.376 e. The molecule has 2 N–H and O–H groups in total. The van der Waals surface area contributed by atoms with Gasteiger partial charge in [-0.1, -0.05) is 6.92 Å². The Morgan fingerprint density at radius 3 is 2.71 bits per heavy atom. The van der Waals surface area contributed by atoms with Crippen LogP contribution in [0.1, 0.15) is 32.6 Å². The van der Waals surface area contributed by atoms with Crippen LogP contribution >= 0.6 is 0 Å². The fourth-order valence-electron chi connectivity index (χ4n) is 2.77. The van der Waals surface area contributed by atoms with Gasteiger partial charge in [-0.15, -0.1) is 0 Å². The van der Waals surface area contributed by atoms with Crippen molar-refractivity contribution in [2.75, 3.05) is 23.8 Å². The van der Waals surface area contributed by atoms with Crippen molar-refractivity contribution in [3.05, 3.63) is 17.7 Å². The number of nitrogens with zero attached hydrogens (tertiary/aromatic N) is 1. The number of aromatic nitrogens is 1. The van der Waals surface area contributed by atoms with Crippen molar-refractivity contribution < 1.29 is 13.5 Å². The zero-order valence-electron chi connectivity index (χ0n) is 12.2. The number of halogens is 2. The highest BCUT2D eigenvalue weighted by Gasteiger charge is 2.41. The molecule has 0 aromatic carbocycles. The van der Waals surface area contributed by atoms with Crippen molar-refractivity contribution in [2.24, 2.45) is 5.92 Å². The van der Waals surface area contributed by atoms with Gasteiger partial charge in [0.25, 0.3) is 0 Å². The van der Waals surface area contributed by atoms with E-state index in [0.29, 0.717) is 19.1 Å². The number of hydrogen-bond donors (Lipinski definition) is 2. The minimum atomic E-state index is -0.659. The number of hydrogen-bond acceptors (Lipinski definition) is 4. The van der Waals surface area contributed by atoms with E-state index in [4.69, 9.17) is 4.74 Å². The van der Waals surface area contributed by atoms with Crippen LogP contribution < -0.4 is 10.6 Å². The first-order valence-corrected chi connectivity index (χ1v) is 7.67. The second kappa shape index (κ2) is 6.13. The average molecular weight is 297 g/mol. The lowest BCUT2D eigenvalue weighted by atomic mass is 10.1. The van der Waals surface area contributed by atoms with E-state index >= 15 is 0 Å². The van der Waals surface area contributed by atoms with Crippen molar-refractivity contribution in [1.29, 1.82) is 0 Å². The van der Waals surface area contributed by atoms with E-state index in [1.165, 1.54) is 12.8 Å². The molecule has 0 spiro atoms. The van der Waals surface area contributed by atoms with Crippen LogP contribution in [0.15, 0.2) is 6.07 Å². The Hall–Kier alpha value is -1.43. The van der Waals surface area contributed by atoms with E-state index in [1.54, 1.807) is 0 Å². The topological polar surface area (TPSA) is 46.2 Å². The Balaban J connectivity index is 1.74. The minimum absolute atomic E-state index is 0.0592. The summed E-state index contributed by atoms with van der Waals surface area (Å²) in [5.41, 5.74) is 0. The van der Waals surface area contributed by atoms with Crippen LogP contribution in [-0.4, -0.2) is 30.3 Å². The quantitative estimate of drug-likeness (QED) is 0.846. The summed E-state index contributed by atoms with van der Waals surface area (Å²) in [5, 5.41) is 5.98. The molecule has 1 aromatic heterocycles. The van der Waals surface area contributed by atoms with Gasteiger partial charge in [0.1, 0.15) is 0 Å². The summed E-state index contributed by atoms with van der Waals surface area (Å²) in [5.74, 6) is -0.533. The van der Waals surface area contributed by atoms with Crippen LogP contribution in [-0.2, 0) is 4.74 Å². The molecule has 1 saturated carbocycles. The molecule has 1 aliphatic heterocycles. The highest BCUT2D eigenvalue weighted by molar-refractivity contribution is 5.48. The van der Waals surface area contributed by atoms with Crippen molar-refractivity contribution in [3.63, 3.8) is 0 Å². The zero-order chi connectivity index (χ0) is 14.8. The summed E-state index contributed by atoms with van der Waals surface area (Å²) in [4.78, 5) is 4.06. The molecule has 0 amide bonds. The third-order valence-electron chi connectivity index (χ3n) is 4.02. The number of rotatable bonds is 6. The van der Waals surface area contributed by atoms with Crippen LogP contribution in [0.4, 0.5) is 20.4 Å². The van der Waals surface area contributed by atoms with Crippen molar-refractivity contribution in [1.82, 2.24) is 4.98 Å². The van der Waals surface area contributed by atoms with E-state index in [0.717, 1.165) is 18.9 Å². The van der Waals surface area contributed by atoms with Gasteiger partial charge in [-0.05, 0) is 31.6 Å². The van der Waals surface area contributed by atoms with Gasteiger partial charge < -0.3 is 15.4 Å². The summed E-state index contributed by atoms with van der Waals surface area (Å²) in [7, 11) is 0. The molecule has 4 nitrogen and oxygen atoms in total. The van der Waals surface area contributed by atoms with Crippen LogP contribution in [0.2, 0.25) is 0 Å². The van der Waals surface area contributed by atoms with Crippen molar-refractivity contribution >= 4 is 11.6 Å². The molecular formula is C15H21F2N3O. The molecule has 3 rings (SSSR count). The lowest BCUT2D eigenvalue weighted by Gasteiger charge is -2.20. The third kappa shape index (κ3) is 3.26. The molecule has 6 heteroatoms. The predicted molar refractivity (Wildman–Crippen MR) is 77.4 cm³/mol. The lowest BCUT2D eigenvalue weighted by molar-refractivity contribution is 0.0897. The SMILES string of the molecule is CCCNc1nc(NC2CCOC2C2CC2)c(F)cc1F. The van der Waals surface area contributed by atoms with E-state index in [2.05, 4.69) is 15.6 Å². The van der Waals surface area contributed by atoms with E-state index in [9.17, 15) is 8.78 Å².